The number of hydrogen-bond acceptors (Lipinski definition) is 2. The molecule has 0 atom stereocenters. The number of nitrogens with one attached hydrogen (secondary N) is 1. The van der Waals surface area contributed by atoms with Crippen molar-refractivity contribution in [3.8, 4) is 0 Å². The first-order chi connectivity index (χ1) is 5.72. The van der Waals surface area contributed by atoms with Gasteiger partial charge in [-0.15, -0.1) is 0 Å². The third kappa shape index (κ3) is 2.23. The Balaban J connectivity index is 2.70. The average molecular weight is 166 g/mol. The minimum absolute atomic E-state index is 0.717. The van der Waals surface area contributed by atoms with Crippen LogP contribution in [0.1, 0.15) is 18.4 Å². The summed E-state index contributed by atoms with van der Waals surface area (Å²) in [4.78, 5) is 17.1. The Kier molecular flexibility index (Phi) is 2.63. The summed E-state index contributed by atoms with van der Waals surface area (Å²) in [6.07, 6.45) is 4.99. The van der Waals surface area contributed by atoms with Crippen molar-refractivity contribution in [3.05, 3.63) is 23.8 Å². The van der Waals surface area contributed by atoms with Crippen LogP contribution in [0.3, 0.4) is 0 Å². The van der Waals surface area contributed by atoms with Gasteiger partial charge in [0.15, 0.2) is 0 Å². The van der Waals surface area contributed by atoms with E-state index in [0.717, 1.165) is 18.3 Å². The van der Waals surface area contributed by atoms with Gasteiger partial charge in [0.1, 0.15) is 5.82 Å². The molecule has 12 heavy (non-hydrogen) atoms. The molecule has 1 rings (SSSR count). The molecule has 0 saturated carbocycles. The minimum atomic E-state index is -0.956. The number of aromatic amines is 1. The Morgan fingerprint density at radius 1 is 1.83 bits per heavy atom. The van der Waals surface area contributed by atoms with Gasteiger partial charge in [0.05, 0.1) is 11.9 Å². The van der Waals surface area contributed by atoms with Crippen LogP contribution < -0.4 is 0 Å². The number of carbonyl (C=O) groups is 1. The van der Waals surface area contributed by atoms with Gasteiger partial charge in [-0.3, -0.25) is 0 Å². The van der Waals surface area contributed by atoms with Gasteiger partial charge in [-0.05, 0) is 6.08 Å². The van der Waals surface area contributed by atoms with E-state index in [-0.39, 0.29) is 0 Å². The van der Waals surface area contributed by atoms with E-state index in [2.05, 4.69) is 9.97 Å². The predicted octanol–water partition coefficient (Wildman–Crippen LogP) is 1.07. The highest BCUT2D eigenvalue weighted by molar-refractivity contribution is 5.84. The molecule has 0 spiro atoms. The minimum Gasteiger partial charge on any atom is -0.478 e. The second-order valence-electron chi connectivity index (χ2n) is 2.31. The highest BCUT2D eigenvalue weighted by Gasteiger charge is 1.94. The number of aliphatic carboxylic acids is 1. The molecular weight excluding hydrogens is 156 g/mol. The van der Waals surface area contributed by atoms with Crippen LogP contribution in [0.2, 0.25) is 0 Å². The van der Waals surface area contributed by atoms with E-state index in [1.165, 1.54) is 6.08 Å². The summed E-state index contributed by atoms with van der Waals surface area (Å²) in [6.45, 7) is 1.98. The molecule has 0 fully saturated rings. The molecule has 0 aromatic carbocycles. The summed E-state index contributed by atoms with van der Waals surface area (Å²) in [5.74, 6) is -0.0947. The molecule has 1 aromatic heterocycles. The number of carboxylic acids is 1. The molecule has 0 bridgehead atoms. The molecular formula is C8H10N2O2. The fourth-order valence-corrected chi connectivity index (χ4v) is 0.804. The van der Waals surface area contributed by atoms with E-state index in [1.807, 2.05) is 6.92 Å². The van der Waals surface area contributed by atoms with Gasteiger partial charge in [0.2, 0.25) is 0 Å². The lowest BCUT2D eigenvalue weighted by Crippen LogP contribution is -1.86. The molecule has 1 heterocycles. The number of carboxylic acid groups (broad SMARTS) is 1. The van der Waals surface area contributed by atoms with Gasteiger partial charge in [-0.25, -0.2) is 9.78 Å². The maximum atomic E-state index is 10.1. The van der Waals surface area contributed by atoms with Crippen molar-refractivity contribution in [2.75, 3.05) is 0 Å². The van der Waals surface area contributed by atoms with E-state index in [9.17, 15) is 4.79 Å². The fourth-order valence-electron chi connectivity index (χ4n) is 0.804. The maximum Gasteiger partial charge on any atom is 0.328 e. The van der Waals surface area contributed by atoms with Crippen LogP contribution in [-0.4, -0.2) is 21.0 Å². The molecule has 0 aliphatic carbocycles. The zero-order valence-corrected chi connectivity index (χ0v) is 6.74. The summed E-state index contributed by atoms with van der Waals surface area (Å²) in [5, 5.41) is 8.32. The quantitative estimate of drug-likeness (QED) is 0.660. The number of nitrogens with zero attached hydrogens (tertiary/aromatic N) is 1. The number of rotatable bonds is 3. The number of hydrogen-bond donors (Lipinski definition) is 2. The van der Waals surface area contributed by atoms with Crippen molar-refractivity contribution in [1.29, 1.82) is 0 Å². The highest BCUT2D eigenvalue weighted by atomic mass is 16.4. The fraction of sp³-hybridized carbons (Fsp3) is 0.250. The van der Waals surface area contributed by atoms with E-state index in [0.29, 0.717) is 5.69 Å². The lowest BCUT2D eigenvalue weighted by Gasteiger charge is -1.84. The van der Waals surface area contributed by atoms with Crippen molar-refractivity contribution in [1.82, 2.24) is 9.97 Å². The Morgan fingerprint density at radius 3 is 3.08 bits per heavy atom. The first kappa shape index (κ1) is 8.52. The van der Waals surface area contributed by atoms with E-state index in [4.69, 9.17) is 5.11 Å². The summed E-state index contributed by atoms with van der Waals surface area (Å²) in [5.41, 5.74) is 0.717. The van der Waals surface area contributed by atoms with Gasteiger partial charge in [-0.2, -0.15) is 0 Å². The lowest BCUT2D eigenvalue weighted by molar-refractivity contribution is -0.131. The molecule has 0 unspecified atom stereocenters. The van der Waals surface area contributed by atoms with Gasteiger partial charge < -0.3 is 10.1 Å². The van der Waals surface area contributed by atoms with Crippen molar-refractivity contribution in [2.24, 2.45) is 0 Å². The summed E-state index contributed by atoms with van der Waals surface area (Å²) in [7, 11) is 0. The van der Waals surface area contributed by atoms with Gasteiger partial charge in [0, 0.05) is 12.5 Å². The van der Waals surface area contributed by atoms with Gasteiger partial charge >= 0.3 is 5.97 Å². The molecule has 0 saturated heterocycles. The van der Waals surface area contributed by atoms with Crippen LogP contribution in [-0.2, 0) is 11.2 Å². The zero-order valence-electron chi connectivity index (χ0n) is 6.74. The molecule has 4 nitrogen and oxygen atoms in total. The molecule has 0 amide bonds. The molecule has 0 aliphatic rings. The topological polar surface area (TPSA) is 66.0 Å². The second kappa shape index (κ2) is 3.71. The normalized spacial score (nSPS) is 10.8. The number of aryl methyl sites for hydroxylation is 1. The average Bonchev–Trinajstić information content (AvgIpc) is 2.48. The molecule has 2 N–H and O–H groups in total. The standard InChI is InChI=1S/C8H10N2O2/c1-2-7-9-5-6(10-7)3-4-8(11)12/h3-5H,2H2,1H3,(H,9,10)(H,11,12). The molecule has 1 aromatic rings. The number of aromatic nitrogens is 2. The van der Waals surface area contributed by atoms with E-state index < -0.39 is 5.97 Å². The lowest BCUT2D eigenvalue weighted by atomic mass is 10.4. The van der Waals surface area contributed by atoms with Crippen LogP contribution in [0.25, 0.3) is 6.08 Å². The van der Waals surface area contributed by atoms with E-state index >= 15 is 0 Å². The van der Waals surface area contributed by atoms with E-state index in [1.54, 1.807) is 6.20 Å². The van der Waals surface area contributed by atoms with Gasteiger partial charge in [0.25, 0.3) is 0 Å². The number of H-pyrrole nitrogens is 1. The Labute approximate surface area is 70.0 Å². The molecule has 0 aliphatic heterocycles. The van der Waals surface area contributed by atoms with Gasteiger partial charge in [-0.1, -0.05) is 6.92 Å². The van der Waals surface area contributed by atoms with Crippen LogP contribution in [0.5, 0.6) is 0 Å². The largest absolute Gasteiger partial charge is 0.478 e. The third-order valence-electron chi connectivity index (χ3n) is 1.39. The summed E-state index contributed by atoms with van der Waals surface area (Å²) >= 11 is 0. The Hall–Kier alpha value is -1.58. The summed E-state index contributed by atoms with van der Waals surface area (Å²) < 4.78 is 0. The summed E-state index contributed by atoms with van der Waals surface area (Å²) in [6, 6.07) is 0. The molecule has 64 valence electrons. The van der Waals surface area contributed by atoms with Crippen molar-refractivity contribution >= 4 is 12.0 Å². The van der Waals surface area contributed by atoms with Crippen LogP contribution in [0.4, 0.5) is 0 Å². The van der Waals surface area contributed by atoms with Crippen molar-refractivity contribution in [2.45, 2.75) is 13.3 Å². The van der Waals surface area contributed by atoms with Crippen molar-refractivity contribution < 1.29 is 9.90 Å². The zero-order chi connectivity index (χ0) is 8.97. The first-order valence-electron chi connectivity index (χ1n) is 3.67. The smallest absolute Gasteiger partial charge is 0.328 e. The number of imidazole rings is 1. The SMILES string of the molecule is CCc1ncc(C=CC(=O)O)[nH]1. The van der Waals surface area contributed by atoms with Crippen molar-refractivity contribution in [3.63, 3.8) is 0 Å². The Morgan fingerprint density at radius 2 is 2.58 bits per heavy atom. The second-order valence-corrected chi connectivity index (χ2v) is 2.31. The monoisotopic (exact) mass is 166 g/mol. The molecule has 4 heteroatoms. The highest BCUT2D eigenvalue weighted by Crippen LogP contribution is 1.99. The van der Waals surface area contributed by atoms with Crippen LogP contribution in [0.15, 0.2) is 12.3 Å². The third-order valence-corrected chi connectivity index (χ3v) is 1.39. The predicted molar refractivity (Wildman–Crippen MR) is 44.6 cm³/mol. The molecule has 0 radical (unpaired) electrons. The van der Waals surface area contributed by atoms with Crippen LogP contribution >= 0.6 is 0 Å². The van der Waals surface area contributed by atoms with Crippen LogP contribution in [0, 0.1) is 0 Å². The maximum absolute atomic E-state index is 10.1. The Bertz CT molecular complexity index is 302. The first-order valence-corrected chi connectivity index (χ1v) is 3.67.